The lowest BCUT2D eigenvalue weighted by molar-refractivity contribution is 0.0601. The van der Waals surface area contributed by atoms with E-state index in [-0.39, 0.29) is 11.3 Å². The highest BCUT2D eigenvalue weighted by molar-refractivity contribution is 5.96. The van der Waals surface area contributed by atoms with Gasteiger partial charge in [0.25, 0.3) is 0 Å². The van der Waals surface area contributed by atoms with Crippen LogP contribution in [0.5, 0.6) is 0 Å². The molecule has 2 rings (SSSR count). The van der Waals surface area contributed by atoms with Gasteiger partial charge in [-0.3, -0.25) is 0 Å². The second-order valence-corrected chi connectivity index (χ2v) is 3.79. The Hall–Kier alpha value is -2.43. The van der Waals surface area contributed by atoms with E-state index in [1.54, 1.807) is 6.07 Å². The Morgan fingerprint density at radius 2 is 1.89 bits per heavy atom. The van der Waals surface area contributed by atoms with E-state index < -0.39 is 17.6 Å². The van der Waals surface area contributed by atoms with Gasteiger partial charge in [0, 0.05) is 5.69 Å². The molecule has 0 aromatic heterocycles. The van der Waals surface area contributed by atoms with E-state index in [9.17, 15) is 13.6 Å². The number of methoxy groups -OCH3 is 1. The summed E-state index contributed by atoms with van der Waals surface area (Å²) in [6, 6.07) is 9.55. The van der Waals surface area contributed by atoms with Gasteiger partial charge in [-0.25, -0.2) is 13.6 Å². The molecule has 3 nitrogen and oxygen atoms in total. The Balaban J connectivity index is 2.41. The molecule has 0 bridgehead atoms. The fourth-order valence-electron chi connectivity index (χ4n) is 1.64. The maximum absolute atomic E-state index is 13.8. The molecule has 0 aliphatic carbocycles. The smallest absolute Gasteiger partial charge is 0.340 e. The molecule has 19 heavy (non-hydrogen) atoms. The van der Waals surface area contributed by atoms with Gasteiger partial charge >= 0.3 is 5.97 Å². The van der Waals surface area contributed by atoms with Crippen molar-refractivity contribution in [2.45, 2.75) is 0 Å². The van der Waals surface area contributed by atoms with Crippen molar-refractivity contribution in [3.05, 3.63) is 59.7 Å². The lowest BCUT2D eigenvalue weighted by atomic mass is 10.1. The van der Waals surface area contributed by atoms with Gasteiger partial charge in [0.15, 0.2) is 0 Å². The first-order chi connectivity index (χ1) is 9.11. The molecular weight excluding hydrogens is 252 g/mol. The van der Waals surface area contributed by atoms with Crippen molar-refractivity contribution < 1.29 is 18.3 Å². The van der Waals surface area contributed by atoms with E-state index in [0.717, 1.165) is 0 Å². The molecule has 0 amide bonds. The number of ether oxygens (including phenoxy) is 1. The molecule has 0 heterocycles. The van der Waals surface area contributed by atoms with Crippen LogP contribution in [0.1, 0.15) is 10.4 Å². The predicted molar refractivity (Wildman–Crippen MR) is 67.4 cm³/mol. The maximum atomic E-state index is 13.8. The third-order valence-corrected chi connectivity index (χ3v) is 2.51. The first-order valence-electron chi connectivity index (χ1n) is 5.51. The second-order valence-electron chi connectivity index (χ2n) is 3.79. The van der Waals surface area contributed by atoms with E-state index >= 15 is 0 Å². The quantitative estimate of drug-likeness (QED) is 0.861. The minimum atomic E-state index is -0.668. The molecule has 0 radical (unpaired) electrons. The van der Waals surface area contributed by atoms with Gasteiger partial charge in [-0.2, -0.15) is 0 Å². The van der Waals surface area contributed by atoms with E-state index in [1.807, 2.05) is 0 Å². The number of hydrogen-bond acceptors (Lipinski definition) is 3. The average Bonchev–Trinajstić information content (AvgIpc) is 2.40. The van der Waals surface area contributed by atoms with Crippen LogP contribution in [0.3, 0.4) is 0 Å². The summed E-state index contributed by atoms with van der Waals surface area (Å²) in [5.74, 6) is -1.74. The van der Waals surface area contributed by atoms with E-state index in [4.69, 9.17) is 0 Å². The normalized spacial score (nSPS) is 10.1. The van der Waals surface area contributed by atoms with Gasteiger partial charge in [-0.15, -0.1) is 0 Å². The van der Waals surface area contributed by atoms with Crippen LogP contribution >= 0.6 is 0 Å². The summed E-state index contributed by atoms with van der Waals surface area (Å²) in [4.78, 5) is 11.5. The van der Waals surface area contributed by atoms with Crippen molar-refractivity contribution in [1.29, 1.82) is 0 Å². The summed E-state index contributed by atoms with van der Waals surface area (Å²) < 4.78 is 31.4. The molecule has 0 saturated carbocycles. The Bertz CT molecular complexity index is 614. The third-order valence-electron chi connectivity index (χ3n) is 2.51. The van der Waals surface area contributed by atoms with Gasteiger partial charge in [0.1, 0.15) is 11.6 Å². The van der Waals surface area contributed by atoms with Crippen molar-refractivity contribution in [3.63, 3.8) is 0 Å². The van der Waals surface area contributed by atoms with E-state index in [2.05, 4.69) is 10.1 Å². The number of benzene rings is 2. The minimum absolute atomic E-state index is 0.0417. The van der Waals surface area contributed by atoms with Gasteiger partial charge in [-0.05, 0) is 30.3 Å². The molecule has 98 valence electrons. The average molecular weight is 263 g/mol. The number of esters is 1. The van der Waals surface area contributed by atoms with Gasteiger partial charge in [0.05, 0.1) is 18.4 Å². The topological polar surface area (TPSA) is 38.3 Å². The van der Waals surface area contributed by atoms with Gasteiger partial charge in [-0.1, -0.05) is 12.1 Å². The minimum Gasteiger partial charge on any atom is -0.465 e. The molecule has 0 unspecified atom stereocenters. The zero-order chi connectivity index (χ0) is 13.8. The molecule has 0 spiro atoms. The zero-order valence-corrected chi connectivity index (χ0v) is 10.1. The van der Waals surface area contributed by atoms with Crippen LogP contribution in [0.4, 0.5) is 20.2 Å². The van der Waals surface area contributed by atoms with Crippen LogP contribution < -0.4 is 5.32 Å². The Morgan fingerprint density at radius 3 is 2.58 bits per heavy atom. The summed E-state index contributed by atoms with van der Waals surface area (Å²) >= 11 is 0. The fourth-order valence-corrected chi connectivity index (χ4v) is 1.64. The summed E-state index contributed by atoms with van der Waals surface area (Å²) in [5, 5.41) is 2.68. The van der Waals surface area contributed by atoms with Crippen LogP contribution in [0, 0.1) is 11.6 Å². The molecular formula is C14H11F2NO2. The lowest BCUT2D eigenvalue weighted by Crippen LogP contribution is -2.07. The number of para-hydroxylation sites is 1. The maximum Gasteiger partial charge on any atom is 0.340 e. The number of rotatable bonds is 3. The van der Waals surface area contributed by atoms with Crippen molar-refractivity contribution in [3.8, 4) is 0 Å². The van der Waals surface area contributed by atoms with Crippen LogP contribution in [0.15, 0.2) is 42.5 Å². The monoisotopic (exact) mass is 263 g/mol. The van der Waals surface area contributed by atoms with Crippen molar-refractivity contribution in [2.75, 3.05) is 12.4 Å². The number of nitrogens with one attached hydrogen (secondary N) is 1. The highest BCUT2D eigenvalue weighted by Crippen LogP contribution is 2.25. The van der Waals surface area contributed by atoms with E-state index in [1.165, 1.54) is 43.5 Å². The Morgan fingerprint density at radius 1 is 1.16 bits per heavy atom. The molecule has 5 heteroatoms. The summed E-state index contributed by atoms with van der Waals surface area (Å²) in [7, 11) is 1.21. The number of anilines is 2. The molecule has 2 aromatic carbocycles. The first-order valence-corrected chi connectivity index (χ1v) is 5.51. The van der Waals surface area contributed by atoms with Gasteiger partial charge in [0.2, 0.25) is 0 Å². The zero-order valence-electron chi connectivity index (χ0n) is 10.1. The Labute approximate surface area is 108 Å². The highest BCUT2D eigenvalue weighted by Gasteiger charge is 2.15. The Kier molecular flexibility index (Phi) is 3.75. The van der Waals surface area contributed by atoms with Crippen molar-refractivity contribution >= 4 is 17.3 Å². The molecule has 0 fully saturated rings. The number of halogens is 2. The largest absolute Gasteiger partial charge is 0.465 e. The van der Waals surface area contributed by atoms with Crippen LogP contribution in [0.25, 0.3) is 0 Å². The highest BCUT2D eigenvalue weighted by atomic mass is 19.1. The van der Waals surface area contributed by atoms with Crippen LogP contribution in [-0.4, -0.2) is 13.1 Å². The summed E-state index contributed by atoms with van der Waals surface area (Å²) in [6.07, 6.45) is 0. The van der Waals surface area contributed by atoms with Crippen molar-refractivity contribution in [2.24, 2.45) is 0 Å². The number of hydrogen-bond donors (Lipinski definition) is 1. The van der Waals surface area contributed by atoms with Crippen LogP contribution in [0.2, 0.25) is 0 Å². The second kappa shape index (κ2) is 5.48. The van der Waals surface area contributed by atoms with Gasteiger partial charge < -0.3 is 10.1 Å². The summed E-state index contributed by atoms with van der Waals surface area (Å²) in [6.45, 7) is 0. The fraction of sp³-hybridized carbons (Fsp3) is 0.0714. The van der Waals surface area contributed by atoms with Crippen molar-refractivity contribution in [1.82, 2.24) is 0 Å². The molecule has 0 saturated heterocycles. The number of carbonyl (C=O) groups excluding carboxylic acids is 1. The number of carbonyl (C=O) groups is 1. The van der Waals surface area contributed by atoms with E-state index in [0.29, 0.717) is 5.69 Å². The third kappa shape index (κ3) is 2.88. The lowest BCUT2D eigenvalue weighted by Gasteiger charge is -2.11. The van der Waals surface area contributed by atoms with Crippen LogP contribution in [-0.2, 0) is 4.74 Å². The molecule has 0 atom stereocenters. The first kappa shape index (κ1) is 13.0. The molecule has 0 aliphatic rings. The molecule has 1 N–H and O–H groups in total. The SMILES string of the molecule is COC(=O)c1cccc(F)c1Nc1cccc(F)c1. The standard InChI is InChI=1S/C14H11F2NO2/c1-19-14(18)11-6-3-7-12(16)13(11)17-10-5-2-4-9(15)8-10/h2-8,17H,1H3. The predicted octanol–water partition coefficient (Wildman–Crippen LogP) is 3.50. The molecule has 2 aromatic rings. The molecule has 0 aliphatic heterocycles. The summed E-state index contributed by atoms with van der Waals surface area (Å²) in [5.41, 5.74) is 0.349.